The molecule has 0 bridgehead atoms. The fourth-order valence-electron chi connectivity index (χ4n) is 1.23. The minimum Gasteiger partial charge on any atom is -0.480 e. The van der Waals surface area contributed by atoms with Gasteiger partial charge in [-0.15, -0.1) is 0 Å². The Labute approximate surface area is 96.4 Å². The minimum absolute atomic E-state index is 0.136. The van der Waals surface area contributed by atoms with Crippen LogP contribution in [0.3, 0.4) is 0 Å². The summed E-state index contributed by atoms with van der Waals surface area (Å²) < 4.78 is 0. The van der Waals surface area contributed by atoms with Crippen molar-refractivity contribution in [1.29, 1.82) is 5.26 Å². The van der Waals surface area contributed by atoms with Gasteiger partial charge < -0.3 is 10.4 Å². The smallest absolute Gasteiger partial charge is 0.325 e. The molecule has 0 saturated carbocycles. The highest BCUT2D eigenvalue weighted by Gasteiger charge is 2.19. The zero-order valence-corrected chi connectivity index (χ0v) is 8.88. The highest BCUT2D eigenvalue weighted by Crippen LogP contribution is 2.25. The fraction of sp³-hybridized carbons (Fsp3) is 0.200. The second kappa shape index (κ2) is 4.94. The van der Waals surface area contributed by atoms with Crippen LogP contribution in [0.5, 0.6) is 0 Å². The van der Waals surface area contributed by atoms with Crippen molar-refractivity contribution in [2.24, 2.45) is 0 Å². The van der Waals surface area contributed by atoms with E-state index >= 15 is 0 Å². The maximum absolute atomic E-state index is 10.7. The molecule has 7 nitrogen and oxygen atoms in total. The molecule has 1 atom stereocenters. The summed E-state index contributed by atoms with van der Waals surface area (Å²) in [4.78, 5) is 20.6. The number of aliphatic carboxylic acids is 1. The standard InChI is InChI=1S/C10H9N3O4/c1-6(10(14)15)12-8-3-2-4-9(13(16)17)7(8)5-11/h2-4,6,12H,1H3,(H,14,15). The van der Waals surface area contributed by atoms with Crippen molar-refractivity contribution in [2.75, 3.05) is 5.32 Å². The average Bonchev–Trinajstić information content (AvgIpc) is 2.28. The zero-order valence-electron chi connectivity index (χ0n) is 8.88. The molecule has 2 N–H and O–H groups in total. The molecule has 0 fully saturated rings. The lowest BCUT2D eigenvalue weighted by Crippen LogP contribution is -2.25. The minimum atomic E-state index is -1.11. The molecule has 0 radical (unpaired) electrons. The fourth-order valence-corrected chi connectivity index (χ4v) is 1.23. The first-order chi connectivity index (χ1) is 7.97. The largest absolute Gasteiger partial charge is 0.480 e. The third-order valence-electron chi connectivity index (χ3n) is 2.09. The number of rotatable bonds is 4. The van der Waals surface area contributed by atoms with Crippen molar-refractivity contribution in [1.82, 2.24) is 0 Å². The van der Waals surface area contributed by atoms with Crippen molar-refractivity contribution in [2.45, 2.75) is 13.0 Å². The maximum Gasteiger partial charge on any atom is 0.325 e. The number of nitrogens with one attached hydrogen (secondary N) is 1. The molecular weight excluding hydrogens is 226 g/mol. The monoisotopic (exact) mass is 235 g/mol. The molecule has 88 valence electrons. The van der Waals surface area contributed by atoms with E-state index in [1.165, 1.54) is 25.1 Å². The van der Waals surface area contributed by atoms with E-state index in [4.69, 9.17) is 10.4 Å². The summed E-state index contributed by atoms with van der Waals surface area (Å²) in [5.74, 6) is -1.11. The lowest BCUT2D eigenvalue weighted by atomic mass is 10.1. The van der Waals surface area contributed by atoms with E-state index < -0.39 is 16.9 Å². The predicted molar refractivity (Wildman–Crippen MR) is 58.5 cm³/mol. The summed E-state index contributed by atoms with van der Waals surface area (Å²) in [6.07, 6.45) is 0. The Kier molecular flexibility index (Phi) is 3.62. The lowest BCUT2D eigenvalue weighted by Gasteiger charge is -2.11. The molecule has 7 heteroatoms. The summed E-state index contributed by atoms with van der Waals surface area (Å²) in [6, 6.07) is 4.75. The highest BCUT2D eigenvalue weighted by atomic mass is 16.6. The van der Waals surface area contributed by atoms with E-state index in [9.17, 15) is 14.9 Å². The number of hydrogen-bond donors (Lipinski definition) is 2. The summed E-state index contributed by atoms with van der Waals surface area (Å²) in [5.41, 5.74) is -0.391. The molecule has 0 heterocycles. The number of nitriles is 1. The van der Waals surface area contributed by atoms with Crippen LogP contribution in [0.25, 0.3) is 0 Å². The Balaban J connectivity index is 3.17. The van der Waals surface area contributed by atoms with Gasteiger partial charge in [-0.05, 0) is 13.0 Å². The van der Waals surface area contributed by atoms with Crippen molar-refractivity contribution in [3.8, 4) is 6.07 Å². The molecule has 1 unspecified atom stereocenters. The predicted octanol–water partition coefficient (Wildman–Crippen LogP) is 1.35. The molecule has 1 aromatic rings. The van der Waals surface area contributed by atoms with E-state index in [1.54, 1.807) is 6.07 Å². The topological polar surface area (TPSA) is 116 Å². The summed E-state index contributed by atoms with van der Waals surface area (Å²) in [7, 11) is 0. The highest BCUT2D eigenvalue weighted by molar-refractivity contribution is 5.78. The van der Waals surface area contributed by atoms with Crippen LogP contribution in [0.1, 0.15) is 12.5 Å². The molecule has 0 aliphatic carbocycles. The molecule has 1 rings (SSSR count). The van der Waals surface area contributed by atoms with Gasteiger partial charge in [0, 0.05) is 6.07 Å². The third-order valence-corrected chi connectivity index (χ3v) is 2.09. The number of nitrogens with zero attached hydrogens (tertiary/aromatic N) is 2. The first kappa shape index (κ1) is 12.4. The van der Waals surface area contributed by atoms with Crippen LogP contribution in [-0.4, -0.2) is 22.0 Å². The lowest BCUT2D eigenvalue weighted by molar-refractivity contribution is -0.385. The van der Waals surface area contributed by atoms with E-state index in [2.05, 4.69) is 5.32 Å². The van der Waals surface area contributed by atoms with Crippen LogP contribution in [0.15, 0.2) is 18.2 Å². The molecule has 1 aromatic carbocycles. The molecule has 0 spiro atoms. The molecule has 0 aliphatic rings. The molecule has 0 amide bonds. The van der Waals surface area contributed by atoms with Gasteiger partial charge in [-0.2, -0.15) is 5.26 Å². The molecule has 0 aromatic heterocycles. The normalized spacial score (nSPS) is 11.3. The zero-order chi connectivity index (χ0) is 13.0. The number of carbonyl (C=O) groups is 1. The van der Waals surface area contributed by atoms with Crippen LogP contribution < -0.4 is 5.32 Å². The van der Waals surface area contributed by atoms with Gasteiger partial charge in [-0.3, -0.25) is 14.9 Å². The molecular formula is C10H9N3O4. The van der Waals surface area contributed by atoms with Gasteiger partial charge in [-0.25, -0.2) is 0 Å². The number of nitro benzene ring substituents is 1. The quantitative estimate of drug-likeness (QED) is 0.601. The number of hydrogen-bond acceptors (Lipinski definition) is 5. The first-order valence-electron chi connectivity index (χ1n) is 4.64. The Morgan fingerprint density at radius 2 is 2.29 bits per heavy atom. The van der Waals surface area contributed by atoms with Gasteiger partial charge in [0.25, 0.3) is 5.69 Å². The Hall–Kier alpha value is -2.62. The van der Waals surface area contributed by atoms with Crippen molar-refractivity contribution >= 4 is 17.3 Å². The Bertz CT molecular complexity index is 507. The van der Waals surface area contributed by atoms with Crippen molar-refractivity contribution < 1.29 is 14.8 Å². The third kappa shape index (κ3) is 2.69. The van der Waals surface area contributed by atoms with Gasteiger partial charge >= 0.3 is 5.97 Å². The van der Waals surface area contributed by atoms with Crippen LogP contribution in [0, 0.1) is 21.4 Å². The van der Waals surface area contributed by atoms with E-state index in [-0.39, 0.29) is 16.9 Å². The SMILES string of the molecule is CC(Nc1cccc([N+](=O)[O-])c1C#N)C(=O)O. The first-order valence-corrected chi connectivity index (χ1v) is 4.64. The molecule has 0 aliphatic heterocycles. The van der Waals surface area contributed by atoms with Crippen molar-refractivity contribution in [3.63, 3.8) is 0 Å². The second-order valence-corrected chi connectivity index (χ2v) is 3.27. The summed E-state index contributed by atoms with van der Waals surface area (Å²) in [5, 5.41) is 30.8. The van der Waals surface area contributed by atoms with Gasteiger partial charge in [0.15, 0.2) is 5.56 Å². The average molecular weight is 235 g/mol. The van der Waals surface area contributed by atoms with Gasteiger partial charge in [0.2, 0.25) is 0 Å². The number of carboxylic acid groups (broad SMARTS) is 1. The van der Waals surface area contributed by atoms with E-state index in [0.717, 1.165) is 0 Å². The number of nitro groups is 1. The Morgan fingerprint density at radius 1 is 1.65 bits per heavy atom. The van der Waals surface area contributed by atoms with Crippen LogP contribution in [0.2, 0.25) is 0 Å². The van der Waals surface area contributed by atoms with Crippen molar-refractivity contribution in [3.05, 3.63) is 33.9 Å². The van der Waals surface area contributed by atoms with Gasteiger partial charge in [0.1, 0.15) is 12.1 Å². The molecule has 17 heavy (non-hydrogen) atoms. The maximum atomic E-state index is 10.7. The molecule has 0 saturated heterocycles. The van der Waals surface area contributed by atoms with E-state index in [0.29, 0.717) is 0 Å². The Morgan fingerprint density at radius 3 is 2.76 bits per heavy atom. The number of carboxylic acids is 1. The number of benzene rings is 1. The van der Waals surface area contributed by atoms with Crippen LogP contribution in [0.4, 0.5) is 11.4 Å². The summed E-state index contributed by atoms with van der Waals surface area (Å²) in [6.45, 7) is 1.38. The number of anilines is 1. The van der Waals surface area contributed by atoms with Crippen LogP contribution in [-0.2, 0) is 4.79 Å². The van der Waals surface area contributed by atoms with Gasteiger partial charge in [0.05, 0.1) is 10.6 Å². The second-order valence-electron chi connectivity index (χ2n) is 3.27. The van der Waals surface area contributed by atoms with E-state index in [1.807, 2.05) is 0 Å². The van der Waals surface area contributed by atoms with Gasteiger partial charge in [-0.1, -0.05) is 6.07 Å². The summed E-state index contributed by atoms with van der Waals surface area (Å²) >= 11 is 0. The van der Waals surface area contributed by atoms with Crippen LogP contribution >= 0.6 is 0 Å².